The summed E-state index contributed by atoms with van der Waals surface area (Å²) in [7, 11) is 2.19. The van der Waals surface area contributed by atoms with Crippen molar-refractivity contribution in [1.82, 2.24) is 4.90 Å². The molecule has 2 atom stereocenters. The maximum Gasteiger partial charge on any atom is 0.0403 e. The highest BCUT2D eigenvalue weighted by Gasteiger charge is 2.25. The highest BCUT2D eigenvalue weighted by atomic mass is 127. The SMILES string of the molecule is CC1CC(Nc2ccc(I)cc2)CN1C. The Morgan fingerprint density at radius 3 is 2.53 bits per heavy atom. The van der Waals surface area contributed by atoms with Crippen molar-refractivity contribution in [2.75, 3.05) is 18.9 Å². The summed E-state index contributed by atoms with van der Waals surface area (Å²) >= 11 is 2.33. The summed E-state index contributed by atoms with van der Waals surface area (Å²) in [5.74, 6) is 0. The molecule has 1 heterocycles. The van der Waals surface area contributed by atoms with Gasteiger partial charge in [0.25, 0.3) is 0 Å². The first-order valence-electron chi connectivity index (χ1n) is 5.37. The predicted molar refractivity (Wildman–Crippen MR) is 73.3 cm³/mol. The number of nitrogens with zero attached hydrogens (tertiary/aromatic N) is 1. The number of anilines is 1. The van der Waals surface area contributed by atoms with E-state index in [1.807, 2.05) is 0 Å². The summed E-state index contributed by atoms with van der Waals surface area (Å²) < 4.78 is 1.29. The Kier molecular flexibility index (Phi) is 3.51. The highest BCUT2D eigenvalue weighted by Crippen LogP contribution is 2.20. The van der Waals surface area contributed by atoms with E-state index in [9.17, 15) is 0 Å². The van der Waals surface area contributed by atoms with Crippen molar-refractivity contribution in [2.24, 2.45) is 0 Å². The second-order valence-electron chi connectivity index (χ2n) is 4.37. The van der Waals surface area contributed by atoms with Gasteiger partial charge in [0.1, 0.15) is 0 Å². The van der Waals surface area contributed by atoms with Crippen molar-refractivity contribution in [2.45, 2.75) is 25.4 Å². The predicted octanol–water partition coefficient (Wildman–Crippen LogP) is 2.80. The van der Waals surface area contributed by atoms with Gasteiger partial charge in [0.05, 0.1) is 0 Å². The van der Waals surface area contributed by atoms with Crippen molar-refractivity contribution >= 4 is 28.3 Å². The smallest absolute Gasteiger partial charge is 0.0403 e. The highest BCUT2D eigenvalue weighted by molar-refractivity contribution is 14.1. The molecule has 1 N–H and O–H groups in total. The summed E-state index contributed by atoms with van der Waals surface area (Å²) in [6, 6.07) is 9.90. The maximum atomic E-state index is 3.58. The van der Waals surface area contributed by atoms with Crippen LogP contribution in [0.5, 0.6) is 0 Å². The minimum Gasteiger partial charge on any atom is -0.381 e. The molecule has 1 aliphatic heterocycles. The third kappa shape index (κ3) is 2.84. The van der Waals surface area contributed by atoms with Crippen molar-refractivity contribution < 1.29 is 0 Å². The third-order valence-corrected chi connectivity index (χ3v) is 3.82. The minimum atomic E-state index is 0.602. The minimum absolute atomic E-state index is 0.602. The van der Waals surface area contributed by atoms with Crippen LogP contribution in [0.25, 0.3) is 0 Å². The molecule has 0 saturated carbocycles. The lowest BCUT2D eigenvalue weighted by atomic mass is 10.2. The second kappa shape index (κ2) is 4.70. The van der Waals surface area contributed by atoms with E-state index in [4.69, 9.17) is 0 Å². The molecule has 0 aromatic heterocycles. The van der Waals surface area contributed by atoms with E-state index in [-0.39, 0.29) is 0 Å². The molecule has 3 heteroatoms. The fourth-order valence-electron chi connectivity index (χ4n) is 2.08. The molecule has 1 aliphatic rings. The lowest BCUT2D eigenvalue weighted by molar-refractivity contribution is 0.330. The van der Waals surface area contributed by atoms with Gasteiger partial charge in [-0.1, -0.05) is 0 Å². The first kappa shape index (κ1) is 11.2. The zero-order valence-electron chi connectivity index (χ0n) is 9.20. The number of halogens is 1. The average Bonchev–Trinajstić information content (AvgIpc) is 2.50. The molecule has 0 aliphatic carbocycles. The second-order valence-corrected chi connectivity index (χ2v) is 5.62. The third-order valence-electron chi connectivity index (χ3n) is 3.10. The molecule has 1 fully saturated rings. The van der Waals surface area contributed by atoms with Crippen LogP contribution in [0.15, 0.2) is 24.3 Å². The molecule has 2 unspecified atom stereocenters. The molecular formula is C12H17IN2. The van der Waals surface area contributed by atoms with Crippen LogP contribution in [0.2, 0.25) is 0 Å². The fraction of sp³-hybridized carbons (Fsp3) is 0.500. The summed E-state index contributed by atoms with van der Waals surface area (Å²) in [6.45, 7) is 3.43. The van der Waals surface area contributed by atoms with Gasteiger partial charge in [-0.15, -0.1) is 0 Å². The number of benzene rings is 1. The Labute approximate surface area is 105 Å². The molecule has 2 nitrogen and oxygen atoms in total. The Morgan fingerprint density at radius 1 is 1.33 bits per heavy atom. The largest absolute Gasteiger partial charge is 0.381 e. The molecule has 0 radical (unpaired) electrons. The summed E-state index contributed by atoms with van der Waals surface area (Å²) in [6.07, 6.45) is 1.24. The standard InChI is InChI=1S/C12H17IN2/c1-9-7-12(8-15(9)2)14-11-5-3-10(13)4-6-11/h3-6,9,12,14H,7-8H2,1-2H3. The van der Waals surface area contributed by atoms with Crippen molar-refractivity contribution in [1.29, 1.82) is 0 Å². The molecule has 1 aromatic rings. The van der Waals surface area contributed by atoms with Crippen LogP contribution in [0.4, 0.5) is 5.69 Å². The van der Waals surface area contributed by atoms with E-state index >= 15 is 0 Å². The van der Waals surface area contributed by atoms with E-state index in [1.54, 1.807) is 0 Å². The van der Waals surface area contributed by atoms with Crippen molar-refractivity contribution in [3.05, 3.63) is 27.8 Å². The van der Waals surface area contributed by atoms with Crippen LogP contribution in [0.1, 0.15) is 13.3 Å². The molecule has 1 saturated heterocycles. The van der Waals surface area contributed by atoms with Crippen molar-refractivity contribution in [3.8, 4) is 0 Å². The Morgan fingerprint density at radius 2 is 2.00 bits per heavy atom. The topological polar surface area (TPSA) is 15.3 Å². The average molecular weight is 316 g/mol. The monoisotopic (exact) mass is 316 g/mol. The van der Waals surface area contributed by atoms with Crippen LogP contribution >= 0.6 is 22.6 Å². The number of hydrogen-bond donors (Lipinski definition) is 1. The Hall–Kier alpha value is -0.290. The van der Waals surface area contributed by atoms with Crippen LogP contribution in [0.3, 0.4) is 0 Å². The van der Waals surface area contributed by atoms with Gasteiger partial charge in [0.15, 0.2) is 0 Å². The zero-order valence-corrected chi connectivity index (χ0v) is 11.4. The van der Waals surface area contributed by atoms with Gasteiger partial charge >= 0.3 is 0 Å². The van der Waals surface area contributed by atoms with Crippen LogP contribution < -0.4 is 5.32 Å². The summed E-state index contributed by atoms with van der Waals surface area (Å²) in [4.78, 5) is 2.41. The van der Waals surface area contributed by atoms with E-state index in [2.05, 4.69) is 71.0 Å². The summed E-state index contributed by atoms with van der Waals surface area (Å²) in [5.41, 5.74) is 1.24. The molecule has 0 bridgehead atoms. The van der Waals surface area contributed by atoms with Gasteiger partial charge < -0.3 is 10.2 Å². The van der Waals surface area contributed by atoms with E-state index < -0.39 is 0 Å². The zero-order chi connectivity index (χ0) is 10.8. The molecule has 0 amide bonds. The van der Waals surface area contributed by atoms with Gasteiger partial charge in [-0.05, 0) is 67.2 Å². The number of likely N-dealkylation sites (tertiary alicyclic amines) is 1. The molecule has 82 valence electrons. The van der Waals surface area contributed by atoms with Gasteiger partial charge in [-0.25, -0.2) is 0 Å². The van der Waals surface area contributed by atoms with Crippen LogP contribution in [-0.2, 0) is 0 Å². The van der Waals surface area contributed by atoms with Gasteiger partial charge in [0, 0.05) is 27.9 Å². The van der Waals surface area contributed by atoms with E-state index in [0.29, 0.717) is 12.1 Å². The Bertz CT molecular complexity index is 313. The lowest BCUT2D eigenvalue weighted by Crippen LogP contribution is -2.24. The fourth-order valence-corrected chi connectivity index (χ4v) is 2.44. The molecule has 2 rings (SSSR count). The van der Waals surface area contributed by atoms with Gasteiger partial charge in [0.2, 0.25) is 0 Å². The lowest BCUT2D eigenvalue weighted by Gasteiger charge is -2.14. The van der Waals surface area contributed by atoms with Crippen LogP contribution in [-0.4, -0.2) is 30.6 Å². The normalized spacial score (nSPS) is 26.9. The quantitative estimate of drug-likeness (QED) is 0.844. The number of likely N-dealkylation sites (N-methyl/N-ethyl adjacent to an activating group) is 1. The van der Waals surface area contributed by atoms with Gasteiger partial charge in [-0.3, -0.25) is 0 Å². The first-order valence-corrected chi connectivity index (χ1v) is 6.45. The molecule has 15 heavy (non-hydrogen) atoms. The van der Waals surface area contributed by atoms with Gasteiger partial charge in [-0.2, -0.15) is 0 Å². The molecule has 1 aromatic carbocycles. The Balaban J connectivity index is 1.95. The molecule has 0 spiro atoms. The van der Waals surface area contributed by atoms with Crippen molar-refractivity contribution in [3.63, 3.8) is 0 Å². The maximum absolute atomic E-state index is 3.58. The number of hydrogen-bond acceptors (Lipinski definition) is 2. The van der Waals surface area contributed by atoms with E-state index in [0.717, 1.165) is 6.54 Å². The number of rotatable bonds is 2. The summed E-state index contributed by atoms with van der Waals surface area (Å²) in [5, 5.41) is 3.58. The number of nitrogens with one attached hydrogen (secondary N) is 1. The first-order chi connectivity index (χ1) is 7.15. The van der Waals surface area contributed by atoms with E-state index in [1.165, 1.54) is 15.7 Å². The van der Waals surface area contributed by atoms with Crippen LogP contribution in [0, 0.1) is 3.57 Å². The molecular weight excluding hydrogens is 299 g/mol.